The van der Waals surface area contributed by atoms with Crippen LogP contribution in [0, 0.1) is 0 Å². The van der Waals surface area contributed by atoms with Gasteiger partial charge >= 0.3 is 0 Å². The van der Waals surface area contributed by atoms with Crippen LogP contribution in [0.3, 0.4) is 0 Å². The van der Waals surface area contributed by atoms with Crippen LogP contribution in [0.15, 0.2) is 18.6 Å². The third kappa shape index (κ3) is 2.25. The number of hydrogen-bond donors (Lipinski definition) is 1. The Morgan fingerprint density at radius 2 is 1.95 bits per heavy atom. The molecule has 0 bridgehead atoms. The van der Waals surface area contributed by atoms with Gasteiger partial charge in [0.25, 0.3) is 5.91 Å². The topological polar surface area (TPSA) is 92.4 Å². The van der Waals surface area contributed by atoms with E-state index in [4.69, 9.17) is 5.73 Å². The fraction of sp³-hybridized carbons (Fsp3) is 0.600. The van der Waals surface area contributed by atoms with Gasteiger partial charge in [-0.2, -0.15) is 0 Å². The zero-order valence-corrected chi connectivity index (χ0v) is 12.6. The lowest BCUT2D eigenvalue weighted by Gasteiger charge is -2.38. The lowest BCUT2D eigenvalue weighted by Crippen LogP contribution is -2.57. The number of likely N-dealkylation sites (tertiary alicyclic amines) is 2. The van der Waals surface area contributed by atoms with Crippen LogP contribution < -0.4 is 5.73 Å². The average molecular weight is 303 g/mol. The summed E-state index contributed by atoms with van der Waals surface area (Å²) >= 11 is 0. The molecule has 2 aliphatic rings. The predicted molar refractivity (Wildman–Crippen MR) is 79.5 cm³/mol. The Labute approximate surface area is 129 Å². The van der Waals surface area contributed by atoms with Gasteiger partial charge in [0, 0.05) is 32.0 Å². The van der Waals surface area contributed by atoms with Crippen molar-refractivity contribution < 1.29 is 9.59 Å². The second kappa shape index (κ2) is 6.00. The molecule has 1 atom stereocenters. The van der Waals surface area contributed by atoms with Gasteiger partial charge in [0.2, 0.25) is 5.91 Å². The zero-order valence-electron chi connectivity index (χ0n) is 12.6. The van der Waals surface area contributed by atoms with E-state index in [9.17, 15) is 9.59 Å². The molecule has 22 heavy (non-hydrogen) atoms. The van der Waals surface area contributed by atoms with Crippen LogP contribution in [0.4, 0.5) is 0 Å². The molecule has 7 heteroatoms. The Kier molecular flexibility index (Phi) is 4.06. The van der Waals surface area contributed by atoms with E-state index in [1.54, 1.807) is 23.5 Å². The lowest BCUT2D eigenvalue weighted by atomic mass is 9.90. The van der Waals surface area contributed by atoms with Gasteiger partial charge in [0.1, 0.15) is 0 Å². The van der Waals surface area contributed by atoms with E-state index in [-0.39, 0.29) is 18.4 Å². The second-order valence-electron chi connectivity index (χ2n) is 5.80. The number of hydrogen-bond acceptors (Lipinski definition) is 5. The number of aromatic nitrogens is 2. The fourth-order valence-corrected chi connectivity index (χ4v) is 3.56. The molecule has 118 valence electrons. The monoisotopic (exact) mass is 303 g/mol. The van der Waals surface area contributed by atoms with Crippen molar-refractivity contribution in [2.45, 2.75) is 31.2 Å². The molecule has 3 rings (SSSR count). The SMILES string of the molecule is NCC(=O)N1CCC[C@@]1(C(=O)N1CCCC1)c1cnccn1. The van der Waals surface area contributed by atoms with Crippen molar-refractivity contribution in [3.8, 4) is 0 Å². The molecule has 7 nitrogen and oxygen atoms in total. The van der Waals surface area contributed by atoms with Crippen LogP contribution in [0.25, 0.3) is 0 Å². The predicted octanol–water partition coefficient (Wildman–Crippen LogP) is -0.125. The maximum absolute atomic E-state index is 13.2. The summed E-state index contributed by atoms with van der Waals surface area (Å²) < 4.78 is 0. The van der Waals surface area contributed by atoms with E-state index in [1.165, 1.54) is 0 Å². The van der Waals surface area contributed by atoms with Gasteiger partial charge in [0.05, 0.1) is 18.4 Å². The molecule has 0 aromatic carbocycles. The molecule has 2 N–H and O–H groups in total. The van der Waals surface area contributed by atoms with Crippen molar-refractivity contribution in [2.75, 3.05) is 26.2 Å². The molecular formula is C15H21N5O2. The van der Waals surface area contributed by atoms with E-state index in [1.807, 2.05) is 4.90 Å². The molecule has 0 aliphatic carbocycles. The molecule has 0 saturated carbocycles. The standard InChI is InChI=1S/C15H21N5O2/c16-10-13(21)20-9-3-4-15(20,12-11-17-5-6-18-12)14(22)19-7-1-2-8-19/h5-6,11H,1-4,7-10,16H2/t15-/m0/s1. The second-order valence-corrected chi connectivity index (χ2v) is 5.80. The Balaban J connectivity index is 2.05. The van der Waals surface area contributed by atoms with Crippen molar-refractivity contribution in [1.29, 1.82) is 0 Å². The maximum Gasteiger partial charge on any atom is 0.254 e. The minimum atomic E-state index is -1.03. The van der Waals surface area contributed by atoms with Gasteiger partial charge in [-0.3, -0.25) is 19.6 Å². The summed E-state index contributed by atoms with van der Waals surface area (Å²) in [7, 11) is 0. The zero-order chi connectivity index (χ0) is 15.6. The summed E-state index contributed by atoms with van der Waals surface area (Å²) in [5.74, 6) is -0.250. The largest absolute Gasteiger partial charge is 0.340 e. The van der Waals surface area contributed by atoms with Gasteiger partial charge < -0.3 is 15.5 Å². The minimum Gasteiger partial charge on any atom is -0.340 e. The highest BCUT2D eigenvalue weighted by Gasteiger charge is 2.53. The Hall–Kier alpha value is -2.02. The summed E-state index contributed by atoms with van der Waals surface area (Å²) in [5, 5.41) is 0. The number of carbonyl (C=O) groups is 2. The molecule has 2 saturated heterocycles. The number of carbonyl (C=O) groups excluding carboxylic acids is 2. The van der Waals surface area contributed by atoms with Crippen LogP contribution in [0.2, 0.25) is 0 Å². The van der Waals surface area contributed by atoms with Gasteiger partial charge in [0.15, 0.2) is 5.54 Å². The summed E-state index contributed by atoms with van der Waals surface area (Å²) in [4.78, 5) is 37.4. The van der Waals surface area contributed by atoms with Gasteiger partial charge in [-0.15, -0.1) is 0 Å². The average Bonchev–Trinajstić information content (AvgIpc) is 3.24. The number of rotatable bonds is 3. The van der Waals surface area contributed by atoms with Crippen LogP contribution in [0.1, 0.15) is 31.4 Å². The van der Waals surface area contributed by atoms with E-state index in [2.05, 4.69) is 9.97 Å². The molecule has 1 aromatic rings. The first-order valence-electron chi connectivity index (χ1n) is 7.76. The van der Waals surface area contributed by atoms with Crippen molar-refractivity contribution >= 4 is 11.8 Å². The molecule has 2 amide bonds. The highest BCUT2D eigenvalue weighted by atomic mass is 16.2. The highest BCUT2D eigenvalue weighted by molar-refractivity contribution is 5.93. The van der Waals surface area contributed by atoms with Crippen molar-refractivity contribution in [2.24, 2.45) is 5.73 Å². The first-order valence-corrected chi connectivity index (χ1v) is 7.76. The van der Waals surface area contributed by atoms with Crippen molar-refractivity contribution in [1.82, 2.24) is 19.8 Å². The van der Waals surface area contributed by atoms with Crippen LogP contribution in [-0.4, -0.2) is 57.8 Å². The Bertz CT molecular complexity index is 558. The van der Waals surface area contributed by atoms with Gasteiger partial charge in [-0.25, -0.2) is 0 Å². The van der Waals surface area contributed by atoms with Gasteiger partial charge in [-0.1, -0.05) is 0 Å². The Morgan fingerprint density at radius 1 is 1.18 bits per heavy atom. The summed E-state index contributed by atoms with van der Waals surface area (Å²) in [5.41, 5.74) is 5.07. The molecule has 2 aliphatic heterocycles. The molecular weight excluding hydrogens is 282 g/mol. The van der Waals surface area contributed by atoms with Crippen LogP contribution >= 0.6 is 0 Å². The number of nitrogens with zero attached hydrogens (tertiary/aromatic N) is 4. The summed E-state index contributed by atoms with van der Waals surface area (Å²) in [6, 6.07) is 0. The Morgan fingerprint density at radius 3 is 2.59 bits per heavy atom. The van der Waals surface area contributed by atoms with Crippen molar-refractivity contribution in [3.05, 3.63) is 24.3 Å². The quantitative estimate of drug-likeness (QED) is 0.840. The number of nitrogens with two attached hydrogens (primary N) is 1. The minimum absolute atomic E-state index is 0.0372. The molecule has 0 spiro atoms. The normalized spacial score (nSPS) is 24.8. The van der Waals surface area contributed by atoms with Crippen molar-refractivity contribution in [3.63, 3.8) is 0 Å². The van der Waals surface area contributed by atoms with E-state index >= 15 is 0 Å². The number of amides is 2. The third-order valence-corrected chi connectivity index (χ3v) is 4.59. The summed E-state index contributed by atoms with van der Waals surface area (Å²) in [6.45, 7) is 1.92. The highest BCUT2D eigenvalue weighted by Crippen LogP contribution is 2.40. The molecule has 0 radical (unpaired) electrons. The molecule has 1 aromatic heterocycles. The first kappa shape index (κ1) is 14.9. The lowest BCUT2D eigenvalue weighted by molar-refractivity contribution is -0.151. The molecule has 0 unspecified atom stereocenters. The van der Waals surface area contributed by atoms with E-state index in [0.29, 0.717) is 18.7 Å². The molecule has 3 heterocycles. The smallest absolute Gasteiger partial charge is 0.254 e. The fourth-order valence-electron chi connectivity index (χ4n) is 3.56. The van der Waals surface area contributed by atoms with Crippen LogP contribution in [0.5, 0.6) is 0 Å². The maximum atomic E-state index is 13.2. The van der Waals surface area contributed by atoms with Gasteiger partial charge in [-0.05, 0) is 25.7 Å². The third-order valence-electron chi connectivity index (χ3n) is 4.59. The molecule has 2 fully saturated rings. The summed E-state index contributed by atoms with van der Waals surface area (Å²) in [6.07, 6.45) is 8.09. The van der Waals surface area contributed by atoms with E-state index in [0.717, 1.165) is 32.4 Å². The van der Waals surface area contributed by atoms with E-state index < -0.39 is 5.54 Å². The van der Waals surface area contributed by atoms with Crippen LogP contribution in [-0.2, 0) is 15.1 Å². The first-order chi connectivity index (χ1) is 10.7.